The molecule has 1 aromatic heterocycles. The minimum Gasteiger partial charge on any atom is -0.478 e. The average molecular weight is 238 g/mol. The van der Waals surface area contributed by atoms with Crippen molar-refractivity contribution in [3.8, 4) is 5.88 Å². The molecule has 1 saturated heterocycles. The lowest BCUT2D eigenvalue weighted by atomic mass is 10.0. The van der Waals surface area contributed by atoms with Crippen molar-refractivity contribution in [2.75, 3.05) is 26.4 Å². The molecule has 92 valence electrons. The van der Waals surface area contributed by atoms with Crippen molar-refractivity contribution in [1.29, 1.82) is 0 Å². The molecule has 0 spiro atoms. The quantitative estimate of drug-likeness (QED) is 0.798. The molecular formula is C12H15FN2O2. The molecule has 1 aliphatic rings. The van der Waals surface area contributed by atoms with Crippen LogP contribution in [0.4, 0.5) is 4.39 Å². The van der Waals surface area contributed by atoms with Crippen molar-refractivity contribution < 1.29 is 13.9 Å². The summed E-state index contributed by atoms with van der Waals surface area (Å²) < 4.78 is 17.4. The first-order valence-corrected chi connectivity index (χ1v) is 5.68. The van der Waals surface area contributed by atoms with Gasteiger partial charge in [-0.1, -0.05) is 0 Å². The van der Waals surface area contributed by atoms with Crippen molar-refractivity contribution in [3.63, 3.8) is 0 Å². The maximum atomic E-state index is 12.2. The normalized spacial score (nSPS) is 15.5. The molecule has 1 amide bonds. The van der Waals surface area contributed by atoms with Crippen molar-refractivity contribution in [3.05, 3.63) is 23.9 Å². The number of alkyl halides is 1. The summed E-state index contributed by atoms with van der Waals surface area (Å²) in [7, 11) is 0. The van der Waals surface area contributed by atoms with Gasteiger partial charge in [0.1, 0.15) is 0 Å². The summed E-state index contributed by atoms with van der Waals surface area (Å²) in [6.07, 6.45) is 1.50. The molecule has 1 aromatic rings. The molecule has 4 nitrogen and oxygen atoms in total. The number of rotatable bonds is 4. The molecular weight excluding hydrogens is 223 g/mol. The molecule has 1 fully saturated rings. The van der Waals surface area contributed by atoms with Gasteiger partial charge in [-0.25, -0.2) is 4.98 Å². The van der Waals surface area contributed by atoms with Gasteiger partial charge in [-0.15, -0.1) is 0 Å². The second-order valence-corrected chi connectivity index (χ2v) is 4.05. The van der Waals surface area contributed by atoms with Crippen LogP contribution in [0.5, 0.6) is 5.88 Å². The van der Waals surface area contributed by atoms with Gasteiger partial charge in [0.15, 0.2) is 0 Å². The summed E-state index contributed by atoms with van der Waals surface area (Å²) in [5.74, 6) is 0.425. The number of pyridine rings is 1. The van der Waals surface area contributed by atoms with Gasteiger partial charge in [-0.2, -0.15) is 0 Å². The van der Waals surface area contributed by atoms with Gasteiger partial charge < -0.3 is 9.64 Å². The summed E-state index contributed by atoms with van der Waals surface area (Å²) in [4.78, 5) is 17.5. The first-order valence-electron chi connectivity index (χ1n) is 5.68. The smallest absolute Gasteiger partial charge is 0.255 e. The SMILES string of the molecule is CCOc1ccc(C(=O)N2CC(CF)C2)cn1. The van der Waals surface area contributed by atoms with E-state index in [9.17, 15) is 9.18 Å². The Morgan fingerprint density at radius 3 is 2.88 bits per heavy atom. The Kier molecular flexibility index (Phi) is 3.56. The van der Waals surface area contributed by atoms with Crippen LogP contribution in [0.1, 0.15) is 17.3 Å². The van der Waals surface area contributed by atoms with Crippen molar-refractivity contribution in [2.45, 2.75) is 6.92 Å². The number of amides is 1. The van der Waals surface area contributed by atoms with Gasteiger partial charge in [0.05, 0.1) is 18.8 Å². The molecule has 0 saturated carbocycles. The lowest BCUT2D eigenvalue weighted by molar-refractivity contribution is 0.0452. The number of halogens is 1. The molecule has 2 rings (SSSR count). The number of carbonyl (C=O) groups excluding carboxylic acids is 1. The van der Waals surface area contributed by atoms with E-state index >= 15 is 0 Å². The number of carbonyl (C=O) groups is 1. The zero-order chi connectivity index (χ0) is 12.3. The Labute approximate surface area is 99.4 Å². The highest BCUT2D eigenvalue weighted by Gasteiger charge is 2.31. The Morgan fingerprint density at radius 2 is 2.35 bits per heavy atom. The topological polar surface area (TPSA) is 42.4 Å². The first kappa shape index (κ1) is 11.8. The maximum Gasteiger partial charge on any atom is 0.255 e. The monoisotopic (exact) mass is 238 g/mol. The van der Waals surface area contributed by atoms with Crippen LogP contribution >= 0.6 is 0 Å². The largest absolute Gasteiger partial charge is 0.478 e. The van der Waals surface area contributed by atoms with Crippen LogP contribution in [0.3, 0.4) is 0 Å². The third-order valence-electron chi connectivity index (χ3n) is 2.74. The van der Waals surface area contributed by atoms with E-state index in [4.69, 9.17) is 4.74 Å². The number of likely N-dealkylation sites (tertiary alicyclic amines) is 1. The zero-order valence-corrected chi connectivity index (χ0v) is 9.73. The van der Waals surface area contributed by atoms with E-state index in [0.717, 1.165) is 0 Å². The van der Waals surface area contributed by atoms with Crippen molar-refractivity contribution >= 4 is 5.91 Å². The van der Waals surface area contributed by atoms with Crippen molar-refractivity contribution in [1.82, 2.24) is 9.88 Å². The van der Waals surface area contributed by atoms with Crippen LogP contribution in [-0.4, -0.2) is 42.2 Å². The molecule has 5 heteroatoms. The van der Waals surface area contributed by atoms with Crippen LogP contribution in [0.25, 0.3) is 0 Å². The molecule has 0 aromatic carbocycles. The van der Waals surface area contributed by atoms with Crippen LogP contribution in [0.2, 0.25) is 0 Å². The highest BCUT2D eigenvalue weighted by molar-refractivity contribution is 5.94. The second kappa shape index (κ2) is 5.12. The van der Waals surface area contributed by atoms with Crippen LogP contribution in [0, 0.1) is 5.92 Å². The van der Waals surface area contributed by atoms with Gasteiger partial charge in [0, 0.05) is 31.3 Å². The van der Waals surface area contributed by atoms with Crippen LogP contribution < -0.4 is 4.74 Å². The lowest BCUT2D eigenvalue weighted by Crippen LogP contribution is -2.50. The van der Waals surface area contributed by atoms with Crippen LogP contribution in [0.15, 0.2) is 18.3 Å². The van der Waals surface area contributed by atoms with Gasteiger partial charge in [0.25, 0.3) is 5.91 Å². The fourth-order valence-electron chi connectivity index (χ4n) is 1.76. The van der Waals surface area contributed by atoms with Crippen LogP contribution in [-0.2, 0) is 0 Å². The number of ether oxygens (including phenoxy) is 1. The Hall–Kier alpha value is -1.65. The molecule has 0 N–H and O–H groups in total. The number of aromatic nitrogens is 1. The van der Waals surface area contributed by atoms with E-state index in [-0.39, 0.29) is 18.5 Å². The second-order valence-electron chi connectivity index (χ2n) is 4.05. The minimum atomic E-state index is -0.356. The summed E-state index contributed by atoms with van der Waals surface area (Å²) >= 11 is 0. The Morgan fingerprint density at radius 1 is 1.59 bits per heavy atom. The highest BCUT2D eigenvalue weighted by Crippen LogP contribution is 2.19. The molecule has 0 radical (unpaired) electrons. The Balaban J connectivity index is 1.96. The average Bonchev–Trinajstić information content (AvgIpc) is 2.29. The molecule has 1 aliphatic heterocycles. The third-order valence-corrected chi connectivity index (χ3v) is 2.74. The van der Waals surface area contributed by atoms with E-state index in [0.29, 0.717) is 31.1 Å². The standard InChI is InChI=1S/C12H15FN2O2/c1-2-17-11-4-3-10(6-14-11)12(16)15-7-9(5-13)8-15/h3-4,6,9H,2,5,7-8H2,1H3. The fourth-order valence-corrected chi connectivity index (χ4v) is 1.76. The molecule has 0 aliphatic carbocycles. The number of hydrogen-bond donors (Lipinski definition) is 0. The predicted octanol–water partition coefficient (Wildman–Crippen LogP) is 1.52. The van der Waals surface area contributed by atoms with E-state index in [1.54, 1.807) is 17.0 Å². The number of nitrogens with zero attached hydrogens (tertiary/aromatic N) is 2. The van der Waals surface area contributed by atoms with E-state index in [2.05, 4.69) is 4.98 Å². The minimum absolute atomic E-state index is 0.00890. The lowest BCUT2D eigenvalue weighted by Gasteiger charge is -2.37. The van der Waals surface area contributed by atoms with Gasteiger partial charge in [-0.05, 0) is 13.0 Å². The van der Waals surface area contributed by atoms with E-state index < -0.39 is 0 Å². The summed E-state index contributed by atoms with van der Waals surface area (Å²) in [5, 5.41) is 0. The van der Waals surface area contributed by atoms with E-state index in [1.165, 1.54) is 6.20 Å². The molecule has 0 bridgehead atoms. The first-order chi connectivity index (χ1) is 8.24. The molecule has 17 heavy (non-hydrogen) atoms. The van der Waals surface area contributed by atoms with E-state index in [1.807, 2.05) is 6.92 Å². The summed E-state index contributed by atoms with van der Waals surface area (Å²) in [6.45, 7) is 3.07. The maximum absolute atomic E-state index is 12.2. The number of hydrogen-bond acceptors (Lipinski definition) is 3. The molecule has 0 atom stereocenters. The predicted molar refractivity (Wildman–Crippen MR) is 60.8 cm³/mol. The van der Waals surface area contributed by atoms with Gasteiger partial charge in [-0.3, -0.25) is 9.18 Å². The fraction of sp³-hybridized carbons (Fsp3) is 0.500. The van der Waals surface area contributed by atoms with Gasteiger partial charge in [0.2, 0.25) is 5.88 Å². The molecule has 2 heterocycles. The summed E-state index contributed by atoms with van der Waals surface area (Å²) in [5.41, 5.74) is 0.519. The Bertz CT molecular complexity index is 388. The molecule has 0 unspecified atom stereocenters. The summed E-state index contributed by atoms with van der Waals surface area (Å²) in [6, 6.07) is 3.35. The van der Waals surface area contributed by atoms with Gasteiger partial charge >= 0.3 is 0 Å². The zero-order valence-electron chi connectivity index (χ0n) is 9.73. The highest BCUT2D eigenvalue weighted by atomic mass is 19.1. The van der Waals surface area contributed by atoms with Crippen molar-refractivity contribution in [2.24, 2.45) is 5.92 Å². The third kappa shape index (κ3) is 2.54.